The summed E-state index contributed by atoms with van der Waals surface area (Å²) in [4.78, 5) is 56.1. The summed E-state index contributed by atoms with van der Waals surface area (Å²) in [5.41, 5.74) is 0.787. The summed E-state index contributed by atoms with van der Waals surface area (Å²) in [7, 11) is 4.87. The van der Waals surface area contributed by atoms with Gasteiger partial charge in [-0.3, -0.25) is 14.4 Å². The Morgan fingerprint density at radius 1 is 1.00 bits per heavy atom. The molecule has 2 aromatic carbocycles. The molecule has 0 saturated carbocycles. The molecule has 2 amide bonds. The lowest BCUT2D eigenvalue weighted by Gasteiger charge is -2.36. The van der Waals surface area contributed by atoms with Crippen molar-refractivity contribution in [3.63, 3.8) is 0 Å². The number of ketones is 1. The number of carbonyl (C=O) groups is 4. The number of carbonyl (C=O) groups excluding carboxylic acids is 4. The first-order valence-corrected chi connectivity index (χ1v) is 17.3. The molecule has 11 nitrogen and oxygen atoms in total. The minimum Gasteiger partial charge on any atom is -0.493 e. The first-order valence-electron chi connectivity index (χ1n) is 17.3. The van der Waals surface area contributed by atoms with Crippen LogP contribution in [-0.4, -0.2) is 92.1 Å². The third-order valence-electron chi connectivity index (χ3n) is 9.30. The van der Waals surface area contributed by atoms with Crippen molar-refractivity contribution in [1.29, 1.82) is 0 Å². The van der Waals surface area contributed by atoms with Crippen molar-refractivity contribution in [2.24, 2.45) is 5.41 Å². The molecule has 0 bridgehead atoms. The van der Waals surface area contributed by atoms with E-state index in [-0.39, 0.29) is 19.1 Å². The summed E-state index contributed by atoms with van der Waals surface area (Å²) in [6, 6.07) is 11.9. The zero-order valence-electron chi connectivity index (χ0n) is 30.0. The topological polar surface area (TPSA) is 132 Å². The second-order valence-electron chi connectivity index (χ2n) is 13.2. The fourth-order valence-corrected chi connectivity index (χ4v) is 5.67. The molecule has 0 spiro atoms. The number of hydrogen-bond donors (Lipinski definition) is 1. The lowest BCUT2D eigenvalue weighted by Crippen LogP contribution is -2.53. The molecule has 1 aliphatic heterocycles. The van der Waals surface area contributed by atoms with Crippen LogP contribution in [0.2, 0.25) is 0 Å². The number of Topliss-reactive ketones (excluding diaryl/α,β-unsaturated/α-hetero) is 1. The normalized spacial score (nSPS) is 15.2. The van der Waals surface area contributed by atoms with Crippen LogP contribution in [0.3, 0.4) is 0 Å². The summed E-state index contributed by atoms with van der Waals surface area (Å²) < 4.78 is 22.9. The number of aliphatic hydroxyl groups is 1. The largest absolute Gasteiger partial charge is 0.493 e. The van der Waals surface area contributed by atoms with Crippen molar-refractivity contribution in [2.75, 3.05) is 47.6 Å². The van der Waals surface area contributed by atoms with Crippen molar-refractivity contribution in [3.8, 4) is 17.2 Å². The summed E-state index contributed by atoms with van der Waals surface area (Å²) >= 11 is 0. The van der Waals surface area contributed by atoms with Crippen LogP contribution in [-0.2, 0) is 30.3 Å². The standard InChI is InChI=1S/C38H54N2O9/c1-7-38(2,3)35(43)36(44)40-22-11-9-16-30(40)37(45)49-31(19-17-27-18-20-32(46-5)33(24-27)47-6)28-14-13-15-29(25-28)48-26-34(42)39(4)21-10-8-12-23-41/h13-15,18,20,24-25,30-31,41H,7-12,16-17,19,21-23,26H2,1-6H3/t30-,31+/m0/s1. The van der Waals surface area contributed by atoms with E-state index < -0.39 is 35.2 Å². The number of aryl methyl sites for hydroxylation is 1. The number of piperidine rings is 1. The quantitative estimate of drug-likeness (QED) is 0.119. The van der Waals surface area contributed by atoms with E-state index in [1.165, 1.54) is 4.90 Å². The summed E-state index contributed by atoms with van der Waals surface area (Å²) in [6.07, 6.45) is 4.90. The van der Waals surface area contributed by atoms with Gasteiger partial charge in [0.05, 0.1) is 14.2 Å². The number of nitrogens with zero attached hydrogens (tertiary/aromatic N) is 2. The molecule has 0 unspecified atom stereocenters. The van der Waals surface area contributed by atoms with E-state index in [9.17, 15) is 19.2 Å². The molecular weight excluding hydrogens is 628 g/mol. The van der Waals surface area contributed by atoms with Crippen molar-refractivity contribution in [3.05, 3.63) is 53.6 Å². The molecule has 1 fully saturated rings. The molecule has 0 radical (unpaired) electrons. The summed E-state index contributed by atoms with van der Waals surface area (Å²) in [5.74, 6) is -0.238. The molecule has 0 aromatic heterocycles. The second kappa shape index (κ2) is 19.2. The molecule has 11 heteroatoms. The molecule has 1 aliphatic rings. The molecule has 270 valence electrons. The molecule has 3 rings (SSSR count). The number of amides is 2. The maximum atomic E-state index is 13.9. The zero-order valence-corrected chi connectivity index (χ0v) is 30.0. The molecule has 49 heavy (non-hydrogen) atoms. The van der Waals surface area contributed by atoms with Crippen LogP contribution in [0.1, 0.15) is 89.4 Å². The van der Waals surface area contributed by atoms with Crippen LogP contribution in [0.5, 0.6) is 17.2 Å². The number of likely N-dealkylation sites (tertiary alicyclic amines) is 1. The number of unbranched alkanes of at least 4 members (excludes halogenated alkanes) is 2. The Labute approximate surface area is 290 Å². The summed E-state index contributed by atoms with van der Waals surface area (Å²) in [6.45, 7) is 6.21. The van der Waals surface area contributed by atoms with Gasteiger partial charge >= 0.3 is 5.97 Å². The van der Waals surface area contributed by atoms with Gasteiger partial charge in [-0.1, -0.05) is 39.0 Å². The van der Waals surface area contributed by atoms with Gasteiger partial charge in [-0.05, 0) is 93.2 Å². The van der Waals surface area contributed by atoms with Crippen molar-refractivity contribution in [2.45, 2.75) is 90.7 Å². The van der Waals surface area contributed by atoms with Crippen LogP contribution in [0.15, 0.2) is 42.5 Å². The van der Waals surface area contributed by atoms with E-state index in [4.69, 9.17) is 24.1 Å². The van der Waals surface area contributed by atoms with Gasteiger partial charge in [-0.2, -0.15) is 0 Å². The van der Waals surface area contributed by atoms with Gasteiger partial charge in [0.15, 0.2) is 18.1 Å². The molecule has 1 saturated heterocycles. The number of ether oxygens (including phenoxy) is 4. The number of benzene rings is 2. The maximum absolute atomic E-state index is 13.9. The Bertz CT molecular complexity index is 1410. The zero-order chi connectivity index (χ0) is 36.0. The molecule has 0 aliphatic carbocycles. The maximum Gasteiger partial charge on any atom is 0.329 e. The first-order chi connectivity index (χ1) is 23.4. The van der Waals surface area contributed by atoms with Gasteiger partial charge in [-0.15, -0.1) is 0 Å². The Morgan fingerprint density at radius 2 is 1.76 bits per heavy atom. The monoisotopic (exact) mass is 682 g/mol. The smallest absolute Gasteiger partial charge is 0.329 e. The lowest BCUT2D eigenvalue weighted by atomic mass is 9.84. The highest BCUT2D eigenvalue weighted by atomic mass is 16.5. The number of likely N-dealkylation sites (N-methyl/N-ethyl adjacent to an activating group) is 1. The minimum atomic E-state index is -0.869. The number of rotatable bonds is 19. The Morgan fingerprint density at radius 3 is 2.45 bits per heavy atom. The molecule has 1 N–H and O–H groups in total. The second-order valence-corrected chi connectivity index (χ2v) is 13.2. The lowest BCUT2D eigenvalue weighted by molar-refractivity contribution is -0.164. The van der Waals surface area contributed by atoms with E-state index >= 15 is 0 Å². The van der Waals surface area contributed by atoms with E-state index in [2.05, 4.69) is 0 Å². The number of aliphatic hydroxyl groups excluding tert-OH is 1. The van der Waals surface area contributed by atoms with Gasteiger partial charge in [0.1, 0.15) is 17.9 Å². The van der Waals surface area contributed by atoms with E-state index in [0.717, 1.165) is 24.8 Å². The third kappa shape index (κ3) is 11.2. The number of methoxy groups -OCH3 is 2. The Balaban J connectivity index is 1.82. The van der Waals surface area contributed by atoms with Crippen LogP contribution in [0.25, 0.3) is 0 Å². The van der Waals surface area contributed by atoms with E-state index in [1.807, 2.05) is 31.2 Å². The SMILES string of the molecule is CCC(C)(C)C(=O)C(=O)N1CCCC[C@H]1C(=O)O[C@H](CCc1ccc(OC)c(OC)c1)c1cccc(OCC(=O)N(C)CCCCCO)c1. The first kappa shape index (κ1) is 39.3. The highest BCUT2D eigenvalue weighted by molar-refractivity contribution is 6.38. The fourth-order valence-electron chi connectivity index (χ4n) is 5.67. The molecule has 2 aromatic rings. The highest BCUT2D eigenvalue weighted by Gasteiger charge is 2.41. The predicted octanol–water partition coefficient (Wildman–Crippen LogP) is 5.31. The Kier molecular flexibility index (Phi) is 15.4. The fraction of sp³-hybridized carbons (Fsp3) is 0.579. The summed E-state index contributed by atoms with van der Waals surface area (Å²) in [5, 5.41) is 8.98. The molecular formula is C38H54N2O9. The van der Waals surface area contributed by atoms with Gasteiger partial charge in [0.25, 0.3) is 11.8 Å². The molecule has 1 heterocycles. The average molecular weight is 683 g/mol. The number of hydrogen-bond acceptors (Lipinski definition) is 9. The van der Waals surface area contributed by atoms with Crippen LogP contribution < -0.4 is 14.2 Å². The van der Waals surface area contributed by atoms with Gasteiger partial charge in [0.2, 0.25) is 5.78 Å². The highest BCUT2D eigenvalue weighted by Crippen LogP contribution is 2.32. The van der Waals surface area contributed by atoms with Crippen molar-refractivity contribution >= 4 is 23.6 Å². The van der Waals surface area contributed by atoms with E-state index in [0.29, 0.717) is 74.4 Å². The Hall–Kier alpha value is -4.12. The third-order valence-corrected chi connectivity index (χ3v) is 9.30. The number of esters is 1. The van der Waals surface area contributed by atoms with Crippen LogP contribution in [0, 0.1) is 5.41 Å². The minimum absolute atomic E-state index is 0.135. The van der Waals surface area contributed by atoms with Crippen LogP contribution in [0.4, 0.5) is 0 Å². The van der Waals surface area contributed by atoms with Crippen molar-refractivity contribution in [1.82, 2.24) is 9.80 Å². The van der Waals surface area contributed by atoms with Gasteiger partial charge in [0, 0.05) is 32.2 Å². The predicted molar refractivity (Wildman–Crippen MR) is 186 cm³/mol. The van der Waals surface area contributed by atoms with Crippen LogP contribution >= 0.6 is 0 Å². The van der Waals surface area contributed by atoms with Gasteiger partial charge < -0.3 is 33.9 Å². The van der Waals surface area contributed by atoms with E-state index in [1.54, 1.807) is 58.2 Å². The van der Waals surface area contributed by atoms with Crippen molar-refractivity contribution < 1.29 is 43.2 Å². The van der Waals surface area contributed by atoms with Gasteiger partial charge in [-0.25, -0.2) is 4.79 Å². The molecule has 2 atom stereocenters. The average Bonchev–Trinajstić information content (AvgIpc) is 3.13.